The van der Waals surface area contributed by atoms with E-state index in [9.17, 15) is 13.7 Å². The van der Waals surface area contributed by atoms with Gasteiger partial charge >= 0.3 is 0 Å². The van der Waals surface area contributed by atoms with E-state index in [-0.39, 0.29) is 17.9 Å². The van der Waals surface area contributed by atoms with Gasteiger partial charge in [0.15, 0.2) is 0 Å². The summed E-state index contributed by atoms with van der Waals surface area (Å²) in [5, 5.41) is 13.7. The maximum Gasteiger partial charge on any atom is 0.258 e. The van der Waals surface area contributed by atoms with Crippen molar-refractivity contribution in [2.45, 2.75) is 38.8 Å². The van der Waals surface area contributed by atoms with Crippen LogP contribution in [0.4, 0.5) is 0 Å². The average molecular weight is 593 g/mol. The molecule has 4 rings (SSSR count). The Hall–Kier alpha value is -2.53. The van der Waals surface area contributed by atoms with Gasteiger partial charge < -0.3 is 9.26 Å². The highest BCUT2D eigenvalue weighted by molar-refractivity contribution is 14.1. The number of ether oxygens (including phenoxy) is 1. The highest BCUT2D eigenvalue weighted by Gasteiger charge is 2.29. The van der Waals surface area contributed by atoms with Gasteiger partial charge in [-0.05, 0) is 56.0 Å². The summed E-state index contributed by atoms with van der Waals surface area (Å²) in [7, 11) is -3.40. The largest absolute Gasteiger partial charge is 0.490 e. The Morgan fingerprint density at radius 3 is 2.88 bits per heavy atom. The van der Waals surface area contributed by atoms with E-state index < -0.39 is 10.0 Å². The maximum atomic E-state index is 12.4. The molecule has 9 nitrogen and oxygen atoms in total. The molecule has 0 saturated carbocycles. The summed E-state index contributed by atoms with van der Waals surface area (Å²) >= 11 is 1.93. The number of nitrogens with one attached hydrogen (secondary N) is 2. The molecule has 0 radical (unpaired) electrons. The predicted octanol–water partition coefficient (Wildman–Crippen LogP) is 3.91. The van der Waals surface area contributed by atoms with E-state index in [2.05, 4.69) is 24.5 Å². The standard InChI is InChI=1S/C23H24IN5O4S/c1-14(2)32-21-9-6-15(12-16(21)13-25)23-27-22(28-33-23)19-5-3-4-18-17(19)7-8-20(18)29-34(30,31)11-10-26-24/h3-6,9,12,14,20,26,29H,7-8,10-11H2,1-2H3/t20-/m0/s1. The van der Waals surface area contributed by atoms with Crippen molar-refractivity contribution in [2.75, 3.05) is 12.3 Å². The van der Waals surface area contributed by atoms with E-state index in [4.69, 9.17) is 9.26 Å². The molecule has 0 amide bonds. The van der Waals surface area contributed by atoms with Crippen LogP contribution in [-0.2, 0) is 16.4 Å². The first-order valence-corrected chi connectivity index (χ1v) is 13.5. The van der Waals surface area contributed by atoms with Crippen molar-refractivity contribution in [3.63, 3.8) is 0 Å². The van der Waals surface area contributed by atoms with Crippen LogP contribution >= 0.6 is 22.9 Å². The van der Waals surface area contributed by atoms with Gasteiger partial charge in [-0.3, -0.25) is 3.53 Å². The summed E-state index contributed by atoms with van der Waals surface area (Å²) in [5.41, 5.74) is 3.75. The van der Waals surface area contributed by atoms with Gasteiger partial charge in [0, 0.05) is 46.6 Å². The van der Waals surface area contributed by atoms with E-state index in [1.54, 1.807) is 18.2 Å². The second-order valence-corrected chi connectivity index (χ2v) is 10.8. The summed E-state index contributed by atoms with van der Waals surface area (Å²) in [6.07, 6.45) is 1.31. The Balaban J connectivity index is 1.60. The third-order valence-corrected chi connectivity index (χ3v) is 7.36. The minimum atomic E-state index is -3.40. The Bertz CT molecular complexity index is 1330. The maximum absolute atomic E-state index is 12.4. The van der Waals surface area contributed by atoms with Crippen LogP contribution < -0.4 is 13.0 Å². The zero-order valence-corrected chi connectivity index (χ0v) is 21.7. The van der Waals surface area contributed by atoms with Gasteiger partial charge in [0.25, 0.3) is 5.89 Å². The number of benzene rings is 2. The third kappa shape index (κ3) is 5.41. The van der Waals surface area contributed by atoms with E-state index in [1.807, 2.05) is 54.9 Å². The number of rotatable bonds is 9. The smallest absolute Gasteiger partial charge is 0.258 e. The molecule has 0 aliphatic heterocycles. The molecule has 34 heavy (non-hydrogen) atoms. The summed E-state index contributed by atoms with van der Waals surface area (Å²) in [6, 6.07) is 12.7. The van der Waals surface area contributed by atoms with Crippen LogP contribution in [0.2, 0.25) is 0 Å². The number of nitrogens with zero attached hydrogens (tertiary/aromatic N) is 3. The Morgan fingerprint density at radius 2 is 2.15 bits per heavy atom. The summed E-state index contributed by atoms with van der Waals surface area (Å²) < 4.78 is 41.6. The topological polar surface area (TPSA) is 130 Å². The Kier molecular flexibility index (Phi) is 7.51. The quantitative estimate of drug-likeness (QED) is 0.282. The molecule has 0 fully saturated rings. The minimum Gasteiger partial charge on any atom is -0.490 e. The van der Waals surface area contributed by atoms with Gasteiger partial charge in [-0.1, -0.05) is 23.4 Å². The van der Waals surface area contributed by atoms with Gasteiger partial charge in [-0.15, -0.1) is 0 Å². The number of hydrogen-bond donors (Lipinski definition) is 2. The lowest BCUT2D eigenvalue weighted by molar-refractivity contribution is 0.241. The first-order chi connectivity index (χ1) is 16.3. The van der Waals surface area contributed by atoms with Crippen molar-refractivity contribution in [3.05, 3.63) is 53.1 Å². The van der Waals surface area contributed by atoms with Crippen molar-refractivity contribution in [1.29, 1.82) is 5.26 Å². The zero-order valence-electron chi connectivity index (χ0n) is 18.7. The number of aromatic nitrogens is 2. The number of sulfonamides is 1. The number of nitriles is 1. The molecule has 3 aromatic rings. The molecule has 1 atom stereocenters. The lowest BCUT2D eigenvalue weighted by Gasteiger charge is -2.14. The van der Waals surface area contributed by atoms with E-state index in [1.165, 1.54) is 0 Å². The van der Waals surface area contributed by atoms with Crippen LogP contribution in [-0.4, -0.2) is 37.0 Å². The normalized spacial score (nSPS) is 15.3. The van der Waals surface area contributed by atoms with Crippen molar-refractivity contribution in [3.8, 4) is 34.7 Å². The van der Waals surface area contributed by atoms with Crippen LogP contribution in [0, 0.1) is 11.3 Å². The monoisotopic (exact) mass is 593 g/mol. The van der Waals surface area contributed by atoms with Gasteiger partial charge in [-0.2, -0.15) is 10.2 Å². The molecule has 1 aliphatic carbocycles. The van der Waals surface area contributed by atoms with Crippen LogP contribution in [0.5, 0.6) is 5.75 Å². The molecule has 2 N–H and O–H groups in total. The van der Waals surface area contributed by atoms with Crippen molar-refractivity contribution < 1.29 is 17.7 Å². The van der Waals surface area contributed by atoms with E-state index in [0.717, 1.165) is 16.7 Å². The number of fused-ring (bicyclic) bond motifs is 1. The first kappa shape index (κ1) is 24.6. The molecule has 0 unspecified atom stereocenters. The van der Waals surface area contributed by atoms with Crippen molar-refractivity contribution in [2.24, 2.45) is 0 Å². The van der Waals surface area contributed by atoms with E-state index in [0.29, 0.717) is 48.0 Å². The van der Waals surface area contributed by atoms with Crippen LogP contribution in [0.25, 0.3) is 22.8 Å². The van der Waals surface area contributed by atoms with Crippen LogP contribution in [0.1, 0.15) is 43.0 Å². The second-order valence-electron chi connectivity index (χ2n) is 8.20. The molecular weight excluding hydrogens is 569 g/mol. The molecule has 1 aliphatic rings. The van der Waals surface area contributed by atoms with Crippen LogP contribution in [0.15, 0.2) is 40.9 Å². The molecule has 0 saturated heterocycles. The predicted molar refractivity (Wildman–Crippen MR) is 136 cm³/mol. The SMILES string of the molecule is CC(C)Oc1ccc(-c2nc(-c3cccc4c3CC[C@@H]4NS(=O)(=O)CCNI)no2)cc1C#N. The zero-order chi connectivity index (χ0) is 24.3. The Morgan fingerprint density at radius 1 is 1.32 bits per heavy atom. The fraction of sp³-hybridized carbons (Fsp3) is 0.348. The highest BCUT2D eigenvalue weighted by Crippen LogP contribution is 2.38. The van der Waals surface area contributed by atoms with Gasteiger partial charge in [0.05, 0.1) is 17.4 Å². The average Bonchev–Trinajstić information content (AvgIpc) is 3.45. The summed E-state index contributed by atoms with van der Waals surface area (Å²) in [5.74, 6) is 1.23. The molecular formula is C23H24IN5O4S. The molecule has 11 heteroatoms. The fourth-order valence-corrected chi connectivity index (χ4v) is 5.79. The van der Waals surface area contributed by atoms with Gasteiger partial charge in [-0.25, -0.2) is 13.1 Å². The summed E-state index contributed by atoms with van der Waals surface area (Å²) in [4.78, 5) is 4.56. The highest BCUT2D eigenvalue weighted by atomic mass is 127. The third-order valence-electron chi connectivity index (χ3n) is 5.43. The Labute approximate surface area is 212 Å². The fourth-order valence-electron chi connectivity index (χ4n) is 3.99. The van der Waals surface area contributed by atoms with E-state index >= 15 is 0 Å². The van der Waals surface area contributed by atoms with Crippen LogP contribution in [0.3, 0.4) is 0 Å². The molecule has 0 bridgehead atoms. The molecule has 2 aromatic carbocycles. The van der Waals surface area contributed by atoms with Gasteiger partial charge in [0.1, 0.15) is 11.8 Å². The molecule has 1 heterocycles. The van der Waals surface area contributed by atoms with Gasteiger partial charge in [0.2, 0.25) is 15.8 Å². The molecule has 0 spiro atoms. The lowest BCUT2D eigenvalue weighted by Crippen LogP contribution is -2.32. The minimum absolute atomic E-state index is 0.0152. The summed E-state index contributed by atoms with van der Waals surface area (Å²) in [6.45, 7) is 4.17. The van der Waals surface area contributed by atoms with Crippen molar-refractivity contribution >= 4 is 32.9 Å². The lowest BCUT2D eigenvalue weighted by atomic mass is 10.0. The number of halogens is 1. The molecule has 178 valence electrons. The van der Waals surface area contributed by atoms with Crippen molar-refractivity contribution in [1.82, 2.24) is 18.4 Å². The molecule has 1 aromatic heterocycles. The first-order valence-electron chi connectivity index (χ1n) is 10.8. The number of hydrogen-bond acceptors (Lipinski definition) is 8. The second kappa shape index (κ2) is 10.4.